The van der Waals surface area contributed by atoms with Crippen molar-refractivity contribution in [2.24, 2.45) is 4.99 Å². The summed E-state index contributed by atoms with van der Waals surface area (Å²) < 4.78 is 23.9. The van der Waals surface area contributed by atoms with Crippen molar-refractivity contribution in [2.45, 2.75) is 0 Å². The van der Waals surface area contributed by atoms with E-state index in [9.17, 15) is 19.3 Å². The lowest BCUT2D eigenvalue weighted by Crippen LogP contribution is -2.07. The lowest BCUT2D eigenvalue weighted by molar-refractivity contribution is -0.384. The van der Waals surface area contributed by atoms with Crippen LogP contribution in [-0.2, 0) is 9.53 Å². The number of hydrogen-bond donors (Lipinski definition) is 0. The molecule has 2 aromatic carbocycles. The summed E-state index contributed by atoms with van der Waals surface area (Å²) >= 11 is 0. The van der Waals surface area contributed by atoms with Gasteiger partial charge in [0.15, 0.2) is 5.70 Å². The van der Waals surface area contributed by atoms with E-state index in [2.05, 4.69) is 4.99 Å². The highest BCUT2D eigenvalue weighted by Gasteiger charge is 2.26. The van der Waals surface area contributed by atoms with Crippen LogP contribution in [0.15, 0.2) is 53.2 Å². The first-order valence-corrected chi connectivity index (χ1v) is 7.09. The van der Waals surface area contributed by atoms with Crippen LogP contribution in [0.1, 0.15) is 11.1 Å². The number of aliphatic imine (C=N–C) groups is 1. The Morgan fingerprint density at radius 3 is 2.72 bits per heavy atom. The van der Waals surface area contributed by atoms with Crippen molar-refractivity contribution >= 4 is 23.6 Å². The van der Waals surface area contributed by atoms with Gasteiger partial charge in [0.25, 0.3) is 5.69 Å². The van der Waals surface area contributed by atoms with E-state index < -0.39 is 16.7 Å². The van der Waals surface area contributed by atoms with Gasteiger partial charge in [-0.2, -0.15) is 0 Å². The number of benzene rings is 2. The van der Waals surface area contributed by atoms with E-state index in [0.29, 0.717) is 5.75 Å². The number of non-ortho nitro benzene ring substituents is 1. The fraction of sp³-hybridized carbons (Fsp3) is 0.0588. The second-order valence-corrected chi connectivity index (χ2v) is 5.00. The van der Waals surface area contributed by atoms with Crippen molar-refractivity contribution in [3.63, 3.8) is 0 Å². The van der Waals surface area contributed by atoms with Gasteiger partial charge in [-0.3, -0.25) is 10.1 Å². The van der Waals surface area contributed by atoms with Gasteiger partial charge in [0.05, 0.1) is 17.6 Å². The van der Waals surface area contributed by atoms with Crippen molar-refractivity contribution in [1.29, 1.82) is 0 Å². The minimum atomic E-state index is -0.785. The number of ether oxygens (including phenoxy) is 2. The van der Waals surface area contributed by atoms with Crippen molar-refractivity contribution in [2.75, 3.05) is 7.11 Å². The number of halogens is 1. The Bertz CT molecular complexity index is 936. The zero-order valence-corrected chi connectivity index (χ0v) is 12.9. The normalized spacial score (nSPS) is 15.0. The van der Waals surface area contributed by atoms with Gasteiger partial charge in [0, 0.05) is 17.7 Å². The molecule has 7 nitrogen and oxygen atoms in total. The van der Waals surface area contributed by atoms with Crippen LogP contribution in [0.2, 0.25) is 0 Å². The van der Waals surface area contributed by atoms with E-state index in [0.717, 1.165) is 0 Å². The maximum Gasteiger partial charge on any atom is 0.363 e. The maximum absolute atomic E-state index is 13.8. The Morgan fingerprint density at radius 1 is 1.28 bits per heavy atom. The zero-order chi connectivity index (χ0) is 18.0. The molecule has 8 heteroatoms. The summed E-state index contributed by atoms with van der Waals surface area (Å²) in [6.45, 7) is 0. The molecule has 0 unspecified atom stereocenters. The number of rotatable bonds is 4. The number of hydrogen-bond acceptors (Lipinski definition) is 6. The van der Waals surface area contributed by atoms with Gasteiger partial charge in [0.2, 0.25) is 5.90 Å². The minimum absolute atomic E-state index is 0.0465. The summed E-state index contributed by atoms with van der Waals surface area (Å²) in [5, 5.41) is 10.9. The summed E-state index contributed by atoms with van der Waals surface area (Å²) in [5.74, 6) is -1.21. The van der Waals surface area contributed by atoms with Crippen LogP contribution < -0.4 is 4.74 Å². The van der Waals surface area contributed by atoms with Crippen LogP contribution in [-0.4, -0.2) is 23.9 Å². The molecule has 0 N–H and O–H groups in total. The Labute approximate surface area is 141 Å². The molecule has 0 saturated carbocycles. The lowest BCUT2D eigenvalue weighted by atomic mass is 10.1. The van der Waals surface area contributed by atoms with Crippen LogP contribution >= 0.6 is 0 Å². The molecular formula is C17H11FN2O5. The molecule has 0 aliphatic carbocycles. The summed E-state index contributed by atoms with van der Waals surface area (Å²) in [5.41, 5.74) is 0.0433. The van der Waals surface area contributed by atoms with Gasteiger partial charge in [0.1, 0.15) is 11.6 Å². The molecule has 0 aromatic heterocycles. The Kier molecular flexibility index (Phi) is 4.25. The number of cyclic esters (lactones) is 1. The molecule has 0 radical (unpaired) electrons. The highest BCUT2D eigenvalue weighted by atomic mass is 19.1. The molecule has 1 heterocycles. The highest BCUT2D eigenvalue weighted by molar-refractivity contribution is 6.13. The molecule has 2 aromatic rings. The number of esters is 1. The molecular weight excluding hydrogens is 331 g/mol. The fourth-order valence-electron chi connectivity index (χ4n) is 2.25. The summed E-state index contributed by atoms with van der Waals surface area (Å²) in [6, 6.07) is 9.67. The SMILES string of the molecule is COc1ccc([N+](=O)[O-])cc1/C=C1\N=C(c2ccccc2F)OC1=O. The Hall–Kier alpha value is -3.55. The average Bonchev–Trinajstić information content (AvgIpc) is 2.95. The number of nitro groups is 1. The smallest absolute Gasteiger partial charge is 0.363 e. The van der Waals surface area contributed by atoms with E-state index in [1.54, 1.807) is 6.07 Å². The fourth-order valence-corrected chi connectivity index (χ4v) is 2.25. The highest BCUT2D eigenvalue weighted by Crippen LogP contribution is 2.28. The molecule has 1 aliphatic heterocycles. The summed E-state index contributed by atoms with van der Waals surface area (Å²) in [7, 11) is 1.39. The zero-order valence-electron chi connectivity index (χ0n) is 12.9. The third-order valence-corrected chi connectivity index (χ3v) is 3.44. The molecule has 25 heavy (non-hydrogen) atoms. The largest absolute Gasteiger partial charge is 0.496 e. The maximum atomic E-state index is 13.8. The molecule has 0 saturated heterocycles. The van der Waals surface area contributed by atoms with Crippen LogP contribution in [0.3, 0.4) is 0 Å². The van der Waals surface area contributed by atoms with Gasteiger partial charge < -0.3 is 9.47 Å². The first-order valence-electron chi connectivity index (χ1n) is 7.09. The first kappa shape index (κ1) is 16.3. The second-order valence-electron chi connectivity index (χ2n) is 5.00. The lowest BCUT2D eigenvalue weighted by Gasteiger charge is -2.04. The van der Waals surface area contributed by atoms with Gasteiger partial charge in [-0.15, -0.1) is 0 Å². The predicted molar refractivity (Wildman–Crippen MR) is 86.7 cm³/mol. The quantitative estimate of drug-likeness (QED) is 0.368. The third kappa shape index (κ3) is 3.23. The predicted octanol–water partition coefficient (Wildman–Crippen LogP) is 3.09. The van der Waals surface area contributed by atoms with Crippen LogP contribution in [0.4, 0.5) is 10.1 Å². The number of carbonyl (C=O) groups is 1. The van der Waals surface area contributed by atoms with Gasteiger partial charge in [-0.05, 0) is 24.3 Å². The third-order valence-electron chi connectivity index (χ3n) is 3.44. The summed E-state index contributed by atoms with van der Waals surface area (Å²) in [6.07, 6.45) is 1.29. The van der Waals surface area contributed by atoms with Crippen LogP contribution in [0.5, 0.6) is 5.75 Å². The van der Waals surface area contributed by atoms with E-state index >= 15 is 0 Å². The van der Waals surface area contributed by atoms with Gasteiger partial charge in [-0.25, -0.2) is 14.2 Å². The standard InChI is InChI=1S/C17H11FN2O5/c1-24-15-7-6-11(20(22)23)8-10(15)9-14-17(21)25-16(19-14)12-4-2-3-5-13(12)18/h2-9H,1H3/b14-9-. The van der Waals surface area contributed by atoms with Gasteiger partial charge in [-0.1, -0.05) is 12.1 Å². The monoisotopic (exact) mass is 342 g/mol. The average molecular weight is 342 g/mol. The molecule has 3 rings (SSSR count). The second kappa shape index (κ2) is 6.52. The molecule has 1 aliphatic rings. The number of nitrogens with zero attached hydrogens (tertiary/aromatic N) is 2. The number of nitro benzene ring substituents is 1. The molecule has 0 amide bonds. The summed E-state index contributed by atoms with van der Waals surface area (Å²) in [4.78, 5) is 26.3. The Balaban J connectivity index is 2.04. The molecule has 0 bridgehead atoms. The van der Waals surface area contributed by atoms with Crippen LogP contribution in [0.25, 0.3) is 6.08 Å². The van der Waals surface area contributed by atoms with E-state index in [1.807, 2.05) is 0 Å². The topological polar surface area (TPSA) is 91.0 Å². The number of methoxy groups -OCH3 is 1. The number of carbonyl (C=O) groups excluding carboxylic acids is 1. The molecule has 0 spiro atoms. The molecule has 0 atom stereocenters. The van der Waals surface area contributed by atoms with E-state index in [1.165, 1.54) is 49.6 Å². The molecule has 126 valence electrons. The van der Waals surface area contributed by atoms with Crippen molar-refractivity contribution in [3.8, 4) is 5.75 Å². The van der Waals surface area contributed by atoms with E-state index in [-0.39, 0.29) is 28.4 Å². The van der Waals surface area contributed by atoms with Crippen molar-refractivity contribution in [1.82, 2.24) is 0 Å². The van der Waals surface area contributed by atoms with E-state index in [4.69, 9.17) is 9.47 Å². The van der Waals surface area contributed by atoms with Gasteiger partial charge >= 0.3 is 5.97 Å². The Morgan fingerprint density at radius 2 is 2.04 bits per heavy atom. The minimum Gasteiger partial charge on any atom is -0.496 e. The van der Waals surface area contributed by atoms with Crippen LogP contribution in [0, 0.1) is 15.9 Å². The molecule has 0 fully saturated rings. The van der Waals surface area contributed by atoms with Crippen molar-refractivity contribution < 1.29 is 23.6 Å². The van der Waals surface area contributed by atoms with Crippen molar-refractivity contribution in [3.05, 3.63) is 75.2 Å². The first-order chi connectivity index (χ1) is 12.0.